The lowest BCUT2D eigenvalue weighted by molar-refractivity contribution is 0.102. The fourth-order valence-corrected chi connectivity index (χ4v) is 2.51. The molecule has 0 radical (unpaired) electrons. The third-order valence-electron chi connectivity index (χ3n) is 2.18. The van der Waals surface area contributed by atoms with Crippen molar-refractivity contribution in [3.05, 3.63) is 41.4 Å². The molecule has 0 spiro atoms. The maximum absolute atomic E-state index is 11.9. The first-order valence-electron chi connectivity index (χ1n) is 4.98. The molecule has 2 rings (SSSR count). The zero-order valence-corrected chi connectivity index (χ0v) is 11.1. The van der Waals surface area contributed by atoms with Crippen LogP contribution in [0.5, 0.6) is 0 Å². The van der Waals surface area contributed by atoms with E-state index >= 15 is 0 Å². The number of anilines is 1. The Hall–Kier alpha value is -1.73. The largest absolute Gasteiger partial charge is 0.298 e. The van der Waals surface area contributed by atoms with E-state index in [0.29, 0.717) is 5.13 Å². The third kappa shape index (κ3) is 2.93. The molecule has 18 heavy (non-hydrogen) atoms. The molecule has 94 valence electrons. The minimum Gasteiger partial charge on any atom is -0.298 e. The highest BCUT2D eigenvalue weighted by atomic mass is 32.2. The summed E-state index contributed by atoms with van der Waals surface area (Å²) in [7, 11) is -3.31. The van der Waals surface area contributed by atoms with Crippen LogP contribution in [0.2, 0.25) is 0 Å². The maximum atomic E-state index is 11.9. The van der Waals surface area contributed by atoms with Crippen LogP contribution in [0.25, 0.3) is 0 Å². The molecule has 7 heteroatoms. The van der Waals surface area contributed by atoms with Crippen molar-refractivity contribution in [1.29, 1.82) is 0 Å². The van der Waals surface area contributed by atoms with E-state index in [1.165, 1.54) is 29.5 Å². The highest BCUT2D eigenvalue weighted by molar-refractivity contribution is 7.90. The minimum absolute atomic E-state index is 0.120. The van der Waals surface area contributed by atoms with Crippen LogP contribution in [0.15, 0.2) is 40.7 Å². The van der Waals surface area contributed by atoms with Crippen LogP contribution >= 0.6 is 11.3 Å². The van der Waals surface area contributed by atoms with Gasteiger partial charge in [0.2, 0.25) is 0 Å². The molecular formula is C11H10N2O3S2. The predicted molar refractivity (Wildman–Crippen MR) is 69.6 cm³/mol. The Labute approximate surface area is 108 Å². The number of carbonyl (C=O) groups is 1. The van der Waals surface area contributed by atoms with Crippen LogP contribution < -0.4 is 5.32 Å². The van der Waals surface area contributed by atoms with Gasteiger partial charge in [-0.25, -0.2) is 13.4 Å². The van der Waals surface area contributed by atoms with Crippen LogP contribution in [0, 0.1) is 0 Å². The number of thiazole rings is 1. The zero-order chi connectivity index (χ0) is 13.2. The Balaban J connectivity index is 2.26. The fourth-order valence-electron chi connectivity index (χ4n) is 1.32. The van der Waals surface area contributed by atoms with Crippen molar-refractivity contribution in [3.63, 3.8) is 0 Å². The van der Waals surface area contributed by atoms with Gasteiger partial charge in [0.25, 0.3) is 5.91 Å². The van der Waals surface area contributed by atoms with Crippen LogP contribution in [-0.4, -0.2) is 25.6 Å². The number of benzene rings is 1. The summed E-state index contributed by atoms with van der Waals surface area (Å²) in [6.07, 6.45) is 2.68. The normalized spacial score (nSPS) is 11.2. The lowest BCUT2D eigenvalue weighted by atomic mass is 10.2. The number of amides is 1. The average Bonchev–Trinajstić information content (AvgIpc) is 2.81. The molecule has 0 atom stereocenters. The lowest BCUT2D eigenvalue weighted by Gasteiger charge is -2.03. The fraction of sp³-hybridized carbons (Fsp3) is 0.0909. The standard InChI is InChI=1S/C11H10N2O3S2/c1-18(15,16)9-4-2-3-8(7-9)10(14)13-11-12-5-6-17-11/h2-7H,1H3,(H,12,13,14). The summed E-state index contributed by atoms with van der Waals surface area (Å²) in [6.45, 7) is 0. The molecule has 1 N–H and O–H groups in total. The highest BCUT2D eigenvalue weighted by Crippen LogP contribution is 2.15. The van der Waals surface area contributed by atoms with Gasteiger partial charge in [0.05, 0.1) is 4.90 Å². The molecule has 0 unspecified atom stereocenters. The van der Waals surface area contributed by atoms with Crippen molar-refractivity contribution in [2.75, 3.05) is 11.6 Å². The molecule has 0 aliphatic heterocycles. The quantitative estimate of drug-likeness (QED) is 0.931. The van der Waals surface area contributed by atoms with E-state index in [2.05, 4.69) is 10.3 Å². The van der Waals surface area contributed by atoms with Gasteiger partial charge in [-0.1, -0.05) is 6.07 Å². The summed E-state index contributed by atoms with van der Waals surface area (Å²) in [4.78, 5) is 15.9. The number of hydrogen-bond donors (Lipinski definition) is 1. The maximum Gasteiger partial charge on any atom is 0.257 e. The third-order valence-corrected chi connectivity index (χ3v) is 3.98. The summed E-state index contributed by atoms with van der Waals surface area (Å²) in [6, 6.07) is 5.89. The predicted octanol–water partition coefficient (Wildman–Crippen LogP) is 1.80. The summed E-state index contributed by atoms with van der Waals surface area (Å²) >= 11 is 1.29. The number of nitrogens with zero attached hydrogens (tertiary/aromatic N) is 1. The summed E-state index contributed by atoms with van der Waals surface area (Å²) < 4.78 is 22.8. The van der Waals surface area contributed by atoms with Gasteiger partial charge >= 0.3 is 0 Å². The number of hydrogen-bond acceptors (Lipinski definition) is 5. The zero-order valence-electron chi connectivity index (χ0n) is 9.45. The minimum atomic E-state index is -3.31. The molecule has 0 saturated carbocycles. The monoisotopic (exact) mass is 282 g/mol. The topological polar surface area (TPSA) is 76.1 Å². The Morgan fingerprint density at radius 2 is 2.17 bits per heavy atom. The summed E-state index contributed by atoms with van der Waals surface area (Å²) in [5.74, 6) is -0.379. The second kappa shape index (κ2) is 4.87. The first-order chi connectivity index (χ1) is 8.47. The molecule has 1 heterocycles. The number of aromatic nitrogens is 1. The molecule has 0 aliphatic rings. The first kappa shape index (κ1) is 12.7. The van der Waals surface area contributed by atoms with Crippen molar-refractivity contribution < 1.29 is 13.2 Å². The average molecular weight is 282 g/mol. The van der Waals surface area contributed by atoms with Gasteiger partial charge in [-0.05, 0) is 18.2 Å². The highest BCUT2D eigenvalue weighted by Gasteiger charge is 2.12. The van der Waals surface area contributed by atoms with Crippen LogP contribution in [0.1, 0.15) is 10.4 Å². The smallest absolute Gasteiger partial charge is 0.257 e. The van der Waals surface area contributed by atoms with E-state index < -0.39 is 9.84 Å². The van der Waals surface area contributed by atoms with E-state index in [-0.39, 0.29) is 16.4 Å². The van der Waals surface area contributed by atoms with Crippen molar-refractivity contribution in [3.8, 4) is 0 Å². The van der Waals surface area contributed by atoms with Gasteiger partial charge < -0.3 is 0 Å². The first-order valence-corrected chi connectivity index (χ1v) is 7.75. The lowest BCUT2D eigenvalue weighted by Crippen LogP contribution is -2.12. The van der Waals surface area contributed by atoms with Crippen molar-refractivity contribution in [2.24, 2.45) is 0 Å². The van der Waals surface area contributed by atoms with Crippen molar-refractivity contribution in [2.45, 2.75) is 4.90 Å². The van der Waals surface area contributed by atoms with Crippen LogP contribution in [0.3, 0.4) is 0 Å². The number of rotatable bonds is 3. The van der Waals surface area contributed by atoms with Crippen molar-refractivity contribution >= 4 is 32.2 Å². The molecule has 1 amide bonds. The number of carbonyl (C=O) groups excluding carboxylic acids is 1. The van der Waals surface area contributed by atoms with Crippen molar-refractivity contribution in [1.82, 2.24) is 4.98 Å². The van der Waals surface area contributed by atoms with E-state index in [0.717, 1.165) is 6.26 Å². The Morgan fingerprint density at radius 3 is 2.78 bits per heavy atom. The molecule has 5 nitrogen and oxygen atoms in total. The van der Waals surface area contributed by atoms with E-state index in [9.17, 15) is 13.2 Å². The Bertz CT molecular complexity index is 663. The van der Waals surface area contributed by atoms with E-state index in [1.807, 2.05) is 0 Å². The second-order valence-electron chi connectivity index (χ2n) is 3.59. The molecule has 0 saturated heterocycles. The van der Waals surface area contributed by atoms with Gasteiger partial charge in [-0.3, -0.25) is 10.1 Å². The van der Waals surface area contributed by atoms with Gasteiger partial charge in [0.1, 0.15) is 0 Å². The molecule has 1 aromatic heterocycles. The molecule has 1 aromatic carbocycles. The second-order valence-corrected chi connectivity index (χ2v) is 6.50. The molecule has 0 bridgehead atoms. The van der Waals surface area contributed by atoms with Gasteiger partial charge in [0, 0.05) is 23.4 Å². The molecule has 0 aliphatic carbocycles. The van der Waals surface area contributed by atoms with Gasteiger partial charge in [0.15, 0.2) is 15.0 Å². The number of nitrogens with one attached hydrogen (secondary N) is 1. The van der Waals surface area contributed by atoms with Gasteiger partial charge in [-0.2, -0.15) is 0 Å². The SMILES string of the molecule is CS(=O)(=O)c1cccc(C(=O)Nc2nccs2)c1. The summed E-state index contributed by atoms with van der Waals surface area (Å²) in [5.41, 5.74) is 0.285. The number of sulfone groups is 1. The van der Waals surface area contributed by atoms with E-state index in [4.69, 9.17) is 0 Å². The molecular weight excluding hydrogens is 272 g/mol. The Kier molecular flexibility index (Phi) is 3.44. The Morgan fingerprint density at radius 1 is 1.39 bits per heavy atom. The van der Waals surface area contributed by atoms with E-state index in [1.54, 1.807) is 17.6 Å². The van der Waals surface area contributed by atoms with Gasteiger partial charge in [-0.15, -0.1) is 11.3 Å². The molecule has 2 aromatic rings. The van der Waals surface area contributed by atoms with Crippen LogP contribution in [0.4, 0.5) is 5.13 Å². The molecule has 0 fully saturated rings. The van der Waals surface area contributed by atoms with Crippen LogP contribution in [-0.2, 0) is 9.84 Å². The summed E-state index contributed by atoms with van der Waals surface area (Å²) in [5, 5.41) is 4.81.